The van der Waals surface area contributed by atoms with Gasteiger partial charge in [-0.15, -0.1) is 0 Å². The van der Waals surface area contributed by atoms with E-state index in [-0.39, 0.29) is 6.10 Å². The van der Waals surface area contributed by atoms with E-state index < -0.39 is 0 Å². The molecule has 0 fully saturated rings. The lowest BCUT2D eigenvalue weighted by molar-refractivity contribution is 0.242. The van der Waals surface area contributed by atoms with Gasteiger partial charge in [0.25, 0.3) is 0 Å². The zero-order chi connectivity index (χ0) is 15.4. The quantitative estimate of drug-likeness (QED) is 0.694. The second-order valence-electron chi connectivity index (χ2n) is 5.69. The second-order valence-corrected chi connectivity index (χ2v) is 5.69. The molecular weight excluding hydrogens is 270 g/mol. The lowest BCUT2D eigenvalue weighted by Crippen LogP contribution is -2.06. The maximum atomic E-state index is 5.75. The molecule has 0 aliphatic carbocycles. The molecule has 1 N–H and O–H groups in total. The van der Waals surface area contributed by atoms with Crippen LogP contribution in [0.15, 0.2) is 66.7 Å². The van der Waals surface area contributed by atoms with E-state index in [0.29, 0.717) is 0 Å². The highest BCUT2D eigenvalue weighted by atomic mass is 16.5. The van der Waals surface area contributed by atoms with Crippen molar-refractivity contribution in [1.82, 2.24) is 0 Å². The predicted octanol–water partition coefficient (Wildman–Crippen LogP) is 5.24. The van der Waals surface area contributed by atoms with Crippen molar-refractivity contribution < 1.29 is 4.74 Å². The summed E-state index contributed by atoms with van der Waals surface area (Å²) in [6, 6.07) is 23.0. The van der Waals surface area contributed by atoms with Crippen LogP contribution < -0.4 is 10.1 Å². The predicted molar refractivity (Wildman–Crippen MR) is 93.5 cm³/mol. The number of rotatable bonds is 5. The van der Waals surface area contributed by atoms with Gasteiger partial charge >= 0.3 is 0 Å². The van der Waals surface area contributed by atoms with Crippen LogP contribution in [-0.2, 0) is 6.54 Å². The molecule has 0 aliphatic rings. The Kier molecular flexibility index (Phi) is 4.29. The number of fused-ring (bicyclic) bond motifs is 1. The zero-order valence-electron chi connectivity index (χ0n) is 13.0. The van der Waals surface area contributed by atoms with Crippen LogP contribution in [0, 0.1) is 0 Å². The third-order valence-corrected chi connectivity index (χ3v) is 3.54. The Balaban J connectivity index is 1.77. The van der Waals surface area contributed by atoms with E-state index in [1.165, 1.54) is 16.3 Å². The molecule has 0 saturated heterocycles. The van der Waals surface area contributed by atoms with Crippen LogP contribution in [0.2, 0.25) is 0 Å². The molecule has 0 amide bonds. The third-order valence-electron chi connectivity index (χ3n) is 3.54. The van der Waals surface area contributed by atoms with Gasteiger partial charge in [-0.1, -0.05) is 48.5 Å². The topological polar surface area (TPSA) is 21.3 Å². The molecule has 22 heavy (non-hydrogen) atoms. The summed E-state index contributed by atoms with van der Waals surface area (Å²) < 4.78 is 5.75. The number of ether oxygens (including phenoxy) is 1. The Morgan fingerprint density at radius 1 is 0.909 bits per heavy atom. The summed E-state index contributed by atoms with van der Waals surface area (Å²) in [5.74, 6) is 0.923. The summed E-state index contributed by atoms with van der Waals surface area (Å²) in [6.07, 6.45) is 0.196. The lowest BCUT2D eigenvalue weighted by Gasteiger charge is -2.13. The second kappa shape index (κ2) is 6.52. The van der Waals surface area contributed by atoms with Gasteiger partial charge in [0.2, 0.25) is 0 Å². The van der Waals surface area contributed by atoms with Gasteiger partial charge in [-0.2, -0.15) is 0 Å². The molecule has 3 aromatic rings. The molecule has 0 aliphatic heterocycles. The Morgan fingerprint density at radius 3 is 2.55 bits per heavy atom. The highest BCUT2D eigenvalue weighted by molar-refractivity contribution is 5.93. The highest BCUT2D eigenvalue weighted by Gasteiger charge is 2.02. The fourth-order valence-corrected chi connectivity index (χ4v) is 2.58. The van der Waals surface area contributed by atoms with E-state index in [1.807, 2.05) is 26.0 Å². The number of nitrogens with one attached hydrogen (secondary N) is 1. The summed E-state index contributed by atoms with van der Waals surface area (Å²) in [4.78, 5) is 0. The van der Waals surface area contributed by atoms with Crippen molar-refractivity contribution in [3.63, 3.8) is 0 Å². The lowest BCUT2D eigenvalue weighted by atomic mass is 10.1. The van der Waals surface area contributed by atoms with Crippen molar-refractivity contribution in [1.29, 1.82) is 0 Å². The molecule has 0 heterocycles. The Hall–Kier alpha value is -2.48. The summed E-state index contributed by atoms with van der Waals surface area (Å²) in [5.41, 5.74) is 2.37. The molecule has 2 nitrogen and oxygen atoms in total. The van der Waals surface area contributed by atoms with Gasteiger partial charge in [-0.05, 0) is 43.0 Å². The van der Waals surface area contributed by atoms with Gasteiger partial charge in [-0.25, -0.2) is 0 Å². The van der Waals surface area contributed by atoms with Gasteiger partial charge in [0.15, 0.2) is 0 Å². The van der Waals surface area contributed by atoms with Crippen LogP contribution in [0.5, 0.6) is 5.75 Å². The number of benzene rings is 3. The van der Waals surface area contributed by atoms with Crippen molar-refractivity contribution >= 4 is 16.5 Å². The maximum absolute atomic E-state index is 5.75. The van der Waals surface area contributed by atoms with Gasteiger partial charge in [-0.3, -0.25) is 0 Å². The number of hydrogen-bond donors (Lipinski definition) is 1. The zero-order valence-corrected chi connectivity index (χ0v) is 13.0. The monoisotopic (exact) mass is 291 g/mol. The Morgan fingerprint density at radius 2 is 1.68 bits per heavy atom. The molecule has 2 heteroatoms. The SMILES string of the molecule is CC(C)Oc1cccc(CNc2cccc3ccccc23)c1. The van der Waals surface area contributed by atoms with E-state index >= 15 is 0 Å². The average Bonchev–Trinajstić information content (AvgIpc) is 2.52. The summed E-state index contributed by atoms with van der Waals surface area (Å²) in [5, 5.41) is 6.03. The van der Waals surface area contributed by atoms with E-state index in [0.717, 1.165) is 18.0 Å². The van der Waals surface area contributed by atoms with Gasteiger partial charge in [0.05, 0.1) is 6.10 Å². The molecule has 0 spiro atoms. The van der Waals surface area contributed by atoms with Crippen molar-refractivity contribution in [2.75, 3.05) is 5.32 Å². The van der Waals surface area contributed by atoms with Crippen molar-refractivity contribution in [2.45, 2.75) is 26.5 Å². The fourth-order valence-electron chi connectivity index (χ4n) is 2.58. The van der Waals surface area contributed by atoms with Crippen molar-refractivity contribution in [2.24, 2.45) is 0 Å². The first-order chi connectivity index (χ1) is 10.7. The smallest absolute Gasteiger partial charge is 0.120 e. The van der Waals surface area contributed by atoms with E-state index in [2.05, 4.69) is 59.9 Å². The van der Waals surface area contributed by atoms with Crippen LogP contribution >= 0.6 is 0 Å². The van der Waals surface area contributed by atoms with Gasteiger partial charge in [0.1, 0.15) is 5.75 Å². The number of anilines is 1. The van der Waals surface area contributed by atoms with E-state index in [4.69, 9.17) is 4.74 Å². The maximum Gasteiger partial charge on any atom is 0.120 e. The highest BCUT2D eigenvalue weighted by Crippen LogP contribution is 2.24. The van der Waals surface area contributed by atoms with E-state index in [1.54, 1.807) is 0 Å². The van der Waals surface area contributed by atoms with Gasteiger partial charge < -0.3 is 10.1 Å². The summed E-state index contributed by atoms with van der Waals surface area (Å²) in [6.45, 7) is 4.87. The Bertz CT molecular complexity index is 759. The summed E-state index contributed by atoms with van der Waals surface area (Å²) in [7, 11) is 0. The van der Waals surface area contributed by atoms with Crippen LogP contribution in [0.1, 0.15) is 19.4 Å². The molecule has 0 aromatic heterocycles. The van der Waals surface area contributed by atoms with Crippen molar-refractivity contribution in [3.8, 4) is 5.75 Å². The van der Waals surface area contributed by atoms with E-state index in [9.17, 15) is 0 Å². The first kappa shape index (κ1) is 14.5. The molecule has 0 unspecified atom stereocenters. The largest absolute Gasteiger partial charge is 0.491 e. The first-order valence-corrected chi connectivity index (χ1v) is 7.69. The standard InChI is InChI=1S/C20H21NO/c1-15(2)22-18-10-5-7-16(13-18)14-21-20-12-6-9-17-8-3-4-11-19(17)20/h3-13,15,21H,14H2,1-2H3. The minimum Gasteiger partial charge on any atom is -0.491 e. The fraction of sp³-hybridized carbons (Fsp3) is 0.200. The first-order valence-electron chi connectivity index (χ1n) is 7.69. The molecule has 0 atom stereocenters. The summed E-state index contributed by atoms with van der Waals surface area (Å²) >= 11 is 0. The van der Waals surface area contributed by atoms with Gasteiger partial charge in [0, 0.05) is 17.6 Å². The Labute approximate surface area is 131 Å². The molecule has 0 bridgehead atoms. The molecule has 0 radical (unpaired) electrons. The van der Waals surface area contributed by atoms with Crippen LogP contribution in [0.25, 0.3) is 10.8 Å². The van der Waals surface area contributed by atoms with Crippen LogP contribution in [0.4, 0.5) is 5.69 Å². The van der Waals surface area contributed by atoms with Crippen molar-refractivity contribution in [3.05, 3.63) is 72.3 Å². The molecule has 3 aromatic carbocycles. The molecule has 3 rings (SSSR count). The third kappa shape index (κ3) is 3.40. The van der Waals surface area contributed by atoms with Crippen LogP contribution in [0.3, 0.4) is 0 Å². The molecular formula is C20H21NO. The number of hydrogen-bond acceptors (Lipinski definition) is 2. The minimum absolute atomic E-state index is 0.196. The molecule has 112 valence electrons. The van der Waals surface area contributed by atoms with Crippen LogP contribution in [-0.4, -0.2) is 6.10 Å². The normalized spacial score (nSPS) is 10.9. The molecule has 0 saturated carbocycles. The average molecular weight is 291 g/mol. The minimum atomic E-state index is 0.196.